The number of aliphatic imine (C=N–C) groups is 1. The molecule has 1 heterocycles. The number of nitrogens with one attached hydrogen (secondary N) is 1. The summed E-state index contributed by atoms with van der Waals surface area (Å²) in [6.07, 6.45) is 10.9. The van der Waals surface area contributed by atoms with Gasteiger partial charge >= 0.3 is 0 Å². The molecule has 0 spiro atoms. The molecule has 15 heavy (non-hydrogen) atoms. The molecule has 3 atom stereocenters. The van der Waals surface area contributed by atoms with Gasteiger partial charge in [0.1, 0.15) is 0 Å². The van der Waals surface area contributed by atoms with E-state index in [0.29, 0.717) is 18.1 Å². The van der Waals surface area contributed by atoms with Crippen LogP contribution >= 0.6 is 0 Å². The highest BCUT2D eigenvalue weighted by Gasteiger charge is 2.20. The zero-order valence-electron chi connectivity index (χ0n) is 9.49. The van der Waals surface area contributed by atoms with Gasteiger partial charge < -0.3 is 11.1 Å². The third-order valence-corrected chi connectivity index (χ3v) is 3.59. The van der Waals surface area contributed by atoms with E-state index >= 15 is 0 Å². The van der Waals surface area contributed by atoms with Gasteiger partial charge in [-0.2, -0.15) is 0 Å². The van der Waals surface area contributed by atoms with Gasteiger partial charge in [-0.05, 0) is 32.2 Å². The fourth-order valence-electron chi connectivity index (χ4n) is 2.55. The highest BCUT2D eigenvalue weighted by Crippen LogP contribution is 2.19. The summed E-state index contributed by atoms with van der Waals surface area (Å²) >= 11 is 0. The van der Waals surface area contributed by atoms with Crippen LogP contribution in [0.2, 0.25) is 0 Å². The maximum Gasteiger partial charge on any atom is 0.0647 e. The summed E-state index contributed by atoms with van der Waals surface area (Å²) in [5, 5.41) is 3.48. The lowest BCUT2D eigenvalue weighted by Crippen LogP contribution is -2.39. The molecule has 0 aromatic carbocycles. The van der Waals surface area contributed by atoms with Crippen molar-refractivity contribution in [2.75, 3.05) is 6.54 Å². The number of nitrogens with two attached hydrogens (primary N) is 1. The van der Waals surface area contributed by atoms with E-state index in [1.165, 1.54) is 38.5 Å². The van der Waals surface area contributed by atoms with Crippen LogP contribution in [-0.4, -0.2) is 30.9 Å². The molecule has 1 saturated carbocycles. The average molecular weight is 209 g/mol. The Labute approximate surface area is 92.5 Å². The fraction of sp³-hybridized carbons (Fsp3) is 0.917. The Balaban J connectivity index is 1.80. The molecule has 3 nitrogen and oxygen atoms in total. The largest absolute Gasteiger partial charge is 0.326 e. The lowest BCUT2D eigenvalue weighted by Gasteiger charge is -2.26. The average Bonchev–Trinajstić information content (AvgIpc) is 2.29. The summed E-state index contributed by atoms with van der Waals surface area (Å²) in [5.74, 6) is 0. The second-order valence-corrected chi connectivity index (χ2v) is 4.87. The van der Waals surface area contributed by atoms with Crippen molar-refractivity contribution in [1.82, 2.24) is 5.32 Å². The van der Waals surface area contributed by atoms with E-state index in [0.717, 1.165) is 13.0 Å². The van der Waals surface area contributed by atoms with Gasteiger partial charge in [-0.3, -0.25) is 4.99 Å². The van der Waals surface area contributed by atoms with Gasteiger partial charge in [0.05, 0.1) is 6.04 Å². The van der Waals surface area contributed by atoms with E-state index in [1.54, 1.807) is 0 Å². The van der Waals surface area contributed by atoms with Gasteiger partial charge in [0.25, 0.3) is 0 Å². The third-order valence-electron chi connectivity index (χ3n) is 3.59. The van der Waals surface area contributed by atoms with Gasteiger partial charge in [-0.25, -0.2) is 0 Å². The van der Waals surface area contributed by atoms with E-state index in [9.17, 15) is 0 Å². The van der Waals surface area contributed by atoms with E-state index in [2.05, 4.69) is 16.5 Å². The molecule has 1 saturated heterocycles. The lowest BCUT2D eigenvalue weighted by molar-refractivity contribution is 0.385. The van der Waals surface area contributed by atoms with Crippen molar-refractivity contribution in [3.05, 3.63) is 0 Å². The van der Waals surface area contributed by atoms with Gasteiger partial charge in [0.2, 0.25) is 0 Å². The van der Waals surface area contributed by atoms with Crippen LogP contribution in [0.25, 0.3) is 0 Å². The highest BCUT2D eigenvalue weighted by atomic mass is 14.9. The van der Waals surface area contributed by atoms with Crippen LogP contribution in [0.4, 0.5) is 0 Å². The van der Waals surface area contributed by atoms with E-state index in [4.69, 9.17) is 5.73 Å². The first-order chi connectivity index (χ1) is 7.36. The summed E-state index contributed by atoms with van der Waals surface area (Å²) in [6.45, 7) is 1.15. The second-order valence-electron chi connectivity index (χ2n) is 4.87. The lowest BCUT2D eigenvalue weighted by atomic mass is 9.91. The summed E-state index contributed by atoms with van der Waals surface area (Å²) in [4.78, 5) is 4.68. The van der Waals surface area contributed by atoms with Crippen LogP contribution in [0.15, 0.2) is 4.99 Å². The minimum atomic E-state index is 0.304. The van der Waals surface area contributed by atoms with E-state index in [-0.39, 0.29) is 0 Å². The Morgan fingerprint density at radius 3 is 2.60 bits per heavy atom. The van der Waals surface area contributed by atoms with Crippen LogP contribution in [0.3, 0.4) is 0 Å². The number of hydrogen-bond donors (Lipinski definition) is 2. The SMILES string of the molecule is NC1CCCCC1N=CC1CCCCN1. The predicted octanol–water partition coefficient (Wildman–Crippen LogP) is 1.47. The first kappa shape index (κ1) is 11.1. The van der Waals surface area contributed by atoms with Crippen LogP contribution in [0.1, 0.15) is 44.9 Å². The third kappa shape index (κ3) is 3.28. The van der Waals surface area contributed by atoms with Crippen molar-refractivity contribution in [2.24, 2.45) is 10.7 Å². The van der Waals surface area contributed by atoms with Crippen LogP contribution in [0.5, 0.6) is 0 Å². The highest BCUT2D eigenvalue weighted by molar-refractivity contribution is 5.64. The van der Waals surface area contributed by atoms with Crippen molar-refractivity contribution in [3.63, 3.8) is 0 Å². The number of rotatable bonds is 2. The van der Waals surface area contributed by atoms with Gasteiger partial charge in [-0.15, -0.1) is 0 Å². The summed E-state index contributed by atoms with van der Waals surface area (Å²) < 4.78 is 0. The molecular weight excluding hydrogens is 186 g/mol. The maximum atomic E-state index is 6.06. The molecule has 3 heteroatoms. The van der Waals surface area contributed by atoms with Crippen LogP contribution in [0, 0.1) is 0 Å². The van der Waals surface area contributed by atoms with Gasteiger partial charge in [0.15, 0.2) is 0 Å². The van der Waals surface area contributed by atoms with Crippen LogP contribution < -0.4 is 11.1 Å². The first-order valence-corrected chi connectivity index (χ1v) is 6.38. The summed E-state index contributed by atoms with van der Waals surface area (Å²) in [6, 6.07) is 1.20. The standard InChI is InChI=1S/C12H23N3/c13-11-6-1-2-7-12(11)15-9-10-5-3-4-8-14-10/h9-12,14H,1-8,13H2. The molecule has 2 rings (SSSR count). The fourth-order valence-corrected chi connectivity index (χ4v) is 2.55. The topological polar surface area (TPSA) is 50.4 Å². The molecular formula is C12H23N3. The Morgan fingerprint density at radius 2 is 1.87 bits per heavy atom. The van der Waals surface area contributed by atoms with Crippen molar-refractivity contribution in [3.8, 4) is 0 Å². The predicted molar refractivity (Wildman–Crippen MR) is 64.4 cm³/mol. The molecule has 2 aliphatic rings. The molecule has 1 aliphatic heterocycles. The normalized spacial score (nSPS) is 38.3. The molecule has 3 N–H and O–H groups in total. The minimum Gasteiger partial charge on any atom is -0.326 e. The molecule has 0 bridgehead atoms. The summed E-state index contributed by atoms with van der Waals surface area (Å²) in [5.41, 5.74) is 6.06. The monoisotopic (exact) mass is 209 g/mol. The Bertz CT molecular complexity index is 209. The van der Waals surface area contributed by atoms with Gasteiger partial charge in [0, 0.05) is 18.3 Å². The molecule has 0 aromatic heterocycles. The molecule has 86 valence electrons. The quantitative estimate of drug-likeness (QED) is 0.677. The number of nitrogens with zero attached hydrogens (tertiary/aromatic N) is 1. The molecule has 1 aliphatic carbocycles. The van der Waals surface area contributed by atoms with Crippen molar-refractivity contribution in [1.29, 1.82) is 0 Å². The molecule has 0 aromatic rings. The Hall–Kier alpha value is -0.410. The summed E-state index contributed by atoms with van der Waals surface area (Å²) in [7, 11) is 0. The zero-order valence-corrected chi connectivity index (χ0v) is 9.49. The van der Waals surface area contributed by atoms with Crippen molar-refractivity contribution >= 4 is 6.21 Å². The Morgan fingerprint density at radius 1 is 1.07 bits per heavy atom. The molecule has 3 unspecified atom stereocenters. The van der Waals surface area contributed by atoms with E-state index < -0.39 is 0 Å². The molecule has 0 radical (unpaired) electrons. The smallest absolute Gasteiger partial charge is 0.0647 e. The zero-order chi connectivity index (χ0) is 10.5. The number of piperidine rings is 1. The molecule has 0 amide bonds. The Kier molecular flexibility index (Phi) is 4.15. The second kappa shape index (κ2) is 5.61. The van der Waals surface area contributed by atoms with Crippen molar-refractivity contribution in [2.45, 2.75) is 63.1 Å². The first-order valence-electron chi connectivity index (χ1n) is 6.38. The van der Waals surface area contributed by atoms with Crippen LogP contribution in [-0.2, 0) is 0 Å². The maximum absolute atomic E-state index is 6.06. The number of hydrogen-bond acceptors (Lipinski definition) is 3. The van der Waals surface area contributed by atoms with E-state index in [1.807, 2.05) is 0 Å². The van der Waals surface area contributed by atoms with Crippen molar-refractivity contribution < 1.29 is 0 Å². The minimum absolute atomic E-state index is 0.304. The molecule has 2 fully saturated rings. The van der Waals surface area contributed by atoms with Gasteiger partial charge in [-0.1, -0.05) is 19.3 Å².